The Kier molecular flexibility index (Phi) is 7.90. The molecule has 0 amide bonds. The van der Waals surface area contributed by atoms with Crippen LogP contribution >= 0.6 is 0 Å². The van der Waals surface area contributed by atoms with Crippen molar-refractivity contribution >= 4 is 62.8 Å². The molecule has 0 aliphatic heterocycles. The van der Waals surface area contributed by atoms with Crippen molar-refractivity contribution in [3.05, 3.63) is 63.7 Å². The average Bonchev–Trinajstić information content (AvgIpc) is 3.29. The maximum atomic E-state index is 12.8. The summed E-state index contributed by atoms with van der Waals surface area (Å²) in [7, 11) is 0. The number of tetrazole rings is 1. The monoisotopic (exact) mass is 459 g/mol. The van der Waals surface area contributed by atoms with Gasteiger partial charge in [-0.1, -0.05) is 19.4 Å². The smallest absolute Gasteiger partial charge is 0.269 e. The molecule has 4 aromatic rings. The van der Waals surface area contributed by atoms with Gasteiger partial charge in [0.05, 0.1) is 5.56 Å². The van der Waals surface area contributed by atoms with Gasteiger partial charge in [0.25, 0.3) is 5.56 Å². The van der Waals surface area contributed by atoms with E-state index >= 15 is 0 Å². The Hall–Kier alpha value is -2.44. The summed E-state index contributed by atoms with van der Waals surface area (Å²) in [5, 5.41) is 24.0. The molecule has 0 atom stereocenters. The van der Waals surface area contributed by atoms with E-state index < -0.39 is 0 Å². The van der Waals surface area contributed by atoms with Gasteiger partial charge in [0.15, 0.2) is 5.78 Å². The topological polar surface area (TPSA) is 135 Å². The Bertz CT molecular complexity index is 1320. The second kappa shape index (κ2) is 10.4. The molecule has 0 unspecified atom stereocenters. The van der Waals surface area contributed by atoms with Crippen molar-refractivity contribution in [2.75, 3.05) is 0 Å². The normalized spacial score (nSPS) is 10.7. The van der Waals surface area contributed by atoms with E-state index in [1.807, 2.05) is 6.92 Å². The van der Waals surface area contributed by atoms with Crippen molar-refractivity contribution in [1.82, 2.24) is 30.0 Å². The molecule has 2 N–H and O–H groups in total. The number of pyridine rings is 1. The fourth-order valence-electron chi connectivity index (χ4n) is 3.39. The molecular weight excluding hydrogens is 439 g/mol. The Morgan fingerprint density at radius 3 is 2.78 bits per heavy atom. The van der Waals surface area contributed by atoms with Crippen LogP contribution in [-0.4, -0.2) is 92.3 Å². The number of nitrogens with zero attached hydrogens (tertiary/aromatic N) is 5. The second-order valence-corrected chi connectivity index (χ2v) is 6.97. The van der Waals surface area contributed by atoms with E-state index in [-0.39, 0.29) is 92.0 Å². The van der Waals surface area contributed by atoms with Crippen molar-refractivity contribution in [3.8, 4) is 22.9 Å². The number of ketones is 1. The van der Waals surface area contributed by atoms with Crippen LogP contribution in [-0.2, 0) is 13.0 Å². The summed E-state index contributed by atoms with van der Waals surface area (Å²) in [6.07, 6.45) is 4.34. The minimum Gasteiger partial charge on any atom is -0.507 e. The van der Waals surface area contributed by atoms with Gasteiger partial charge in [-0.2, -0.15) is 5.21 Å². The van der Waals surface area contributed by atoms with Crippen molar-refractivity contribution in [1.29, 1.82) is 0 Å². The first-order chi connectivity index (χ1) is 15.0. The zero-order valence-electron chi connectivity index (χ0n) is 18.0. The zero-order valence-corrected chi connectivity index (χ0v) is 21.1. The van der Waals surface area contributed by atoms with E-state index in [0.717, 1.165) is 6.42 Å². The quantitative estimate of drug-likeness (QED) is 0.316. The number of benzene rings is 1. The number of rotatable bonds is 7. The second-order valence-electron chi connectivity index (χ2n) is 6.97. The Balaban J connectivity index is 0.00000289. The van der Waals surface area contributed by atoms with E-state index in [9.17, 15) is 14.7 Å². The van der Waals surface area contributed by atoms with Gasteiger partial charge in [-0.25, -0.2) is 4.98 Å². The van der Waals surface area contributed by atoms with Gasteiger partial charge in [-0.05, 0) is 36.8 Å². The number of aromatic nitrogens is 6. The number of fused-ring (bicyclic) bond motifs is 1. The molecule has 159 valence electrons. The molecule has 11 heteroatoms. The van der Waals surface area contributed by atoms with Crippen LogP contribution in [0, 0.1) is 0 Å². The number of hydrogen-bond donors (Lipinski definition) is 2. The van der Waals surface area contributed by atoms with Gasteiger partial charge in [0.2, 0.25) is 5.82 Å². The van der Waals surface area contributed by atoms with Crippen LogP contribution in [0.5, 0.6) is 11.5 Å². The average molecular weight is 460 g/mol. The first-order valence-electron chi connectivity index (χ1n) is 9.73. The maximum Gasteiger partial charge on any atom is 0.269 e. The predicted molar refractivity (Wildman–Crippen MR) is 117 cm³/mol. The van der Waals surface area contributed by atoms with Crippen LogP contribution in [0.4, 0.5) is 0 Å². The van der Waals surface area contributed by atoms with Gasteiger partial charge in [-0.15, -0.1) is 10.2 Å². The summed E-state index contributed by atoms with van der Waals surface area (Å²) in [4.78, 5) is 29.0. The molecule has 10 nitrogen and oxygen atoms in total. The fourth-order valence-corrected chi connectivity index (χ4v) is 3.39. The number of phenols is 1. The number of carbonyl (C=O) groups is 1. The Morgan fingerprint density at radius 1 is 1.28 bits per heavy atom. The first kappa shape index (κ1) is 24.2. The van der Waals surface area contributed by atoms with Crippen LogP contribution in [0.3, 0.4) is 0 Å². The summed E-state index contributed by atoms with van der Waals surface area (Å²) in [6, 6.07) is 6.76. The molecule has 3 aromatic heterocycles. The van der Waals surface area contributed by atoms with Gasteiger partial charge >= 0.3 is 0 Å². The van der Waals surface area contributed by atoms with Gasteiger partial charge < -0.3 is 9.84 Å². The number of aromatic amines is 1. The standard InChI is InChI=1S/C21H20N6O4.K/c1-3-5-15-17(8-7-14(12(2)28)18(15)29)31-11-13-6-4-9-27-20(13)22-10-16(21(27)30)19-23-25-26-24-19;/h4,6-10,29H,3,5,11H2,1-2H3,(H,23,24,25,26);. The number of ether oxygens (including phenoxy) is 1. The zero-order chi connectivity index (χ0) is 22.0. The van der Waals surface area contributed by atoms with Crippen LogP contribution in [0.2, 0.25) is 0 Å². The molecule has 0 aliphatic rings. The van der Waals surface area contributed by atoms with Crippen LogP contribution in [0.1, 0.15) is 41.8 Å². The molecule has 0 spiro atoms. The van der Waals surface area contributed by atoms with E-state index in [4.69, 9.17) is 4.74 Å². The van der Waals surface area contributed by atoms with Crippen molar-refractivity contribution in [3.63, 3.8) is 0 Å². The number of carbonyl (C=O) groups excluding carboxylic acids is 1. The van der Waals surface area contributed by atoms with Crippen molar-refractivity contribution in [2.24, 2.45) is 0 Å². The third-order valence-electron chi connectivity index (χ3n) is 4.90. The Labute approximate surface area is 225 Å². The number of hydrogen-bond acceptors (Lipinski definition) is 8. The molecule has 4 rings (SSSR count). The van der Waals surface area contributed by atoms with Crippen LogP contribution < -0.4 is 10.3 Å². The van der Waals surface area contributed by atoms with E-state index in [1.165, 1.54) is 17.5 Å². The van der Waals surface area contributed by atoms with Gasteiger partial charge in [-0.3, -0.25) is 14.0 Å². The molecule has 0 aliphatic carbocycles. The van der Waals surface area contributed by atoms with Gasteiger partial charge in [0, 0.05) is 74.9 Å². The number of Topliss-reactive ketones (excluding diaryl/α,β-unsaturated/α-hetero) is 1. The number of nitrogens with one attached hydrogen (secondary N) is 1. The third-order valence-corrected chi connectivity index (χ3v) is 4.90. The summed E-state index contributed by atoms with van der Waals surface area (Å²) in [6.45, 7) is 3.51. The predicted octanol–water partition coefficient (Wildman–Crippen LogP) is 1.93. The molecule has 0 saturated heterocycles. The number of H-pyrrole nitrogens is 1. The fraction of sp³-hybridized carbons (Fsp3) is 0.238. The molecule has 1 radical (unpaired) electrons. The van der Waals surface area contributed by atoms with Gasteiger partial charge in [0.1, 0.15) is 29.3 Å². The third kappa shape index (κ3) is 4.66. The molecule has 1 aromatic carbocycles. The summed E-state index contributed by atoms with van der Waals surface area (Å²) in [5.74, 6) is 0.385. The minimum atomic E-state index is -0.330. The van der Waals surface area contributed by atoms with Crippen LogP contribution in [0.15, 0.2) is 41.5 Å². The summed E-state index contributed by atoms with van der Waals surface area (Å²) >= 11 is 0. The number of phenolic OH excluding ortho intramolecular Hbond substituents is 1. The Morgan fingerprint density at radius 2 is 2.09 bits per heavy atom. The van der Waals surface area contributed by atoms with Crippen molar-refractivity contribution < 1.29 is 14.6 Å². The first-order valence-corrected chi connectivity index (χ1v) is 9.73. The molecule has 0 saturated carbocycles. The van der Waals surface area contributed by atoms with Crippen LogP contribution in [0.25, 0.3) is 17.0 Å². The molecule has 3 heterocycles. The molecule has 32 heavy (non-hydrogen) atoms. The van der Waals surface area contributed by atoms with Crippen molar-refractivity contribution in [2.45, 2.75) is 33.3 Å². The largest absolute Gasteiger partial charge is 0.507 e. The minimum absolute atomic E-state index is 0. The summed E-state index contributed by atoms with van der Waals surface area (Å²) < 4.78 is 7.37. The SMILES string of the molecule is CCCc1c(OCc2cccn3c(=O)c(-c4nn[nH]n4)cnc23)ccc(C(C)=O)c1O.[K]. The maximum absolute atomic E-state index is 12.8. The molecule has 0 fully saturated rings. The number of aromatic hydroxyl groups is 1. The van der Waals surface area contributed by atoms with E-state index in [0.29, 0.717) is 28.9 Å². The summed E-state index contributed by atoms with van der Waals surface area (Å²) in [5.41, 5.74) is 1.85. The molecular formula is C21H20KN6O4. The van der Waals surface area contributed by atoms with E-state index in [1.54, 1.807) is 30.5 Å². The molecule has 0 bridgehead atoms. The van der Waals surface area contributed by atoms with E-state index in [2.05, 4.69) is 25.6 Å².